The number of benzene rings is 1. The van der Waals surface area contributed by atoms with Gasteiger partial charge in [0, 0.05) is 31.7 Å². The second kappa shape index (κ2) is 5.44. The second-order valence-corrected chi connectivity index (χ2v) is 5.73. The number of hydrogen-bond donors (Lipinski definition) is 2. The SMILES string of the molecule is CCC1CN(c2cc3c(cc2N)OCC(=O)N3)CCN1C. The van der Waals surface area contributed by atoms with Crippen LogP contribution in [0.15, 0.2) is 12.1 Å². The number of piperazine rings is 1. The van der Waals surface area contributed by atoms with Gasteiger partial charge in [-0.2, -0.15) is 0 Å². The second-order valence-electron chi connectivity index (χ2n) is 5.73. The molecule has 1 saturated heterocycles. The van der Waals surface area contributed by atoms with Gasteiger partial charge in [0.1, 0.15) is 5.75 Å². The summed E-state index contributed by atoms with van der Waals surface area (Å²) in [6.45, 7) is 5.15. The Bertz CT molecular complexity index is 561. The molecule has 0 radical (unpaired) electrons. The van der Waals surface area contributed by atoms with Crippen LogP contribution in [0.3, 0.4) is 0 Å². The molecule has 1 unspecified atom stereocenters. The Labute approximate surface area is 124 Å². The first-order valence-electron chi connectivity index (χ1n) is 7.40. The molecule has 6 heteroatoms. The fraction of sp³-hybridized carbons (Fsp3) is 0.533. The third kappa shape index (κ3) is 2.63. The van der Waals surface area contributed by atoms with Crippen LogP contribution in [-0.2, 0) is 4.79 Å². The summed E-state index contributed by atoms with van der Waals surface area (Å²) >= 11 is 0. The van der Waals surface area contributed by atoms with Crippen LogP contribution in [0.4, 0.5) is 17.1 Å². The van der Waals surface area contributed by atoms with E-state index in [1.54, 1.807) is 0 Å². The van der Waals surface area contributed by atoms with Crippen molar-refractivity contribution in [1.29, 1.82) is 0 Å². The molecule has 3 rings (SSSR count). The van der Waals surface area contributed by atoms with E-state index in [0.717, 1.165) is 31.7 Å². The maximum atomic E-state index is 11.5. The first-order chi connectivity index (χ1) is 10.1. The largest absolute Gasteiger partial charge is 0.482 e. The Kier molecular flexibility index (Phi) is 3.63. The number of hydrogen-bond acceptors (Lipinski definition) is 5. The topological polar surface area (TPSA) is 70.8 Å². The van der Waals surface area contributed by atoms with Gasteiger partial charge in [0.2, 0.25) is 0 Å². The van der Waals surface area contributed by atoms with Gasteiger partial charge in [-0.15, -0.1) is 0 Å². The highest BCUT2D eigenvalue weighted by atomic mass is 16.5. The zero-order valence-electron chi connectivity index (χ0n) is 12.6. The van der Waals surface area contributed by atoms with Gasteiger partial charge < -0.3 is 20.7 Å². The molecule has 1 aromatic rings. The Balaban J connectivity index is 1.88. The molecule has 2 heterocycles. The van der Waals surface area contributed by atoms with E-state index in [2.05, 4.69) is 29.1 Å². The lowest BCUT2D eigenvalue weighted by atomic mass is 10.1. The van der Waals surface area contributed by atoms with Crippen LogP contribution in [0.25, 0.3) is 0 Å². The molecule has 0 aliphatic carbocycles. The minimum absolute atomic E-state index is 0.0538. The molecule has 6 nitrogen and oxygen atoms in total. The number of amides is 1. The van der Waals surface area contributed by atoms with Gasteiger partial charge in [0.25, 0.3) is 5.91 Å². The summed E-state index contributed by atoms with van der Waals surface area (Å²) in [6.07, 6.45) is 1.11. The molecule has 114 valence electrons. The van der Waals surface area contributed by atoms with Crippen molar-refractivity contribution in [1.82, 2.24) is 4.90 Å². The van der Waals surface area contributed by atoms with Gasteiger partial charge in [-0.3, -0.25) is 9.69 Å². The van der Waals surface area contributed by atoms with Gasteiger partial charge >= 0.3 is 0 Å². The maximum absolute atomic E-state index is 11.5. The number of rotatable bonds is 2. The first kappa shape index (κ1) is 14.0. The number of carbonyl (C=O) groups is 1. The van der Waals surface area contributed by atoms with Crippen molar-refractivity contribution in [3.05, 3.63) is 12.1 Å². The molecular formula is C15H22N4O2. The Hall–Kier alpha value is -1.95. The van der Waals surface area contributed by atoms with E-state index in [-0.39, 0.29) is 12.5 Å². The first-order valence-corrected chi connectivity index (χ1v) is 7.40. The van der Waals surface area contributed by atoms with Gasteiger partial charge in [-0.25, -0.2) is 0 Å². The molecule has 0 saturated carbocycles. The standard InChI is InChI=1S/C15H22N4O2/c1-3-10-8-19(5-4-18(10)2)13-7-12-14(6-11(13)16)21-9-15(20)17-12/h6-7,10H,3-5,8-9,16H2,1-2H3,(H,17,20). The zero-order valence-corrected chi connectivity index (χ0v) is 12.6. The zero-order chi connectivity index (χ0) is 15.0. The Morgan fingerprint density at radius 2 is 2.24 bits per heavy atom. The fourth-order valence-corrected chi connectivity index (χ4v) is 3.01. The lowest BCUT2D eigenvalue weighted by Gasteiger charge is -2.41. The normalized spacial score (nSPS) is 22.5. The molecule has 1 amide bonds. The summed E-state index contributed by atoms with van der Waals surface area (Å²) in [7, 11) is 2.16. The minimum atomic E-state index is -0.122. The third-order valence-electron chi connectivity index (χ3n) is 4.35. The average molecular weight is 290 g/mol. The molecule has 21 heavy (non-hydrogen) atoms. The predicted molar refractivity (Wildman–Crippen MR) is 83.9 cm³/mol. The van der Waals surface area contributed by atoms with Gasteiger partial charge in [-0.05, 0) is 19.5 Å². The summed E-state index contributed by atoms with van der Waals surface area (Å²) < 4.78 is 5.40. The van der Waals surface area contributed by atoms with Crippen LogP contribution in [0.5, 0.6) is 5.75 Å². The van der Waals surface area contributed by atoms with Crippen LogP contribution in [-0.4, -0.2) is 50.1 Å². The van der Waals surface area contributed by atoms with Crippen molar-refractivity contribution in [2.45, 2.75) is 19.4 Å². The molecule has 0 spiro atoms. The van der Waals surface area contributed by atoms with Crippen molar-refractivity contribution < 1.29 is 9.53 Å². The highest BCUT2D eigenvalue weighted by Crippen LogP contribution is 2.37. The minimum Gasteiger partial charge on any atom is -0.482 e. The number of likely N-dealkylation sites (N-methyl/N-ethyl adjacent to an activating group) is 1. The number of nitrogen functional groups attached to an aromatic ring is 1. The van der Waals surface area contributed by atoms with Crippen LogP contribution in [0.2, 0.25) is 0 Å². The number of carbonyl (C=O) groups excluding carboxylic acids is 1. The lowest BCUT2D eigenvalue weighted by molar-refractivity contribution is -0.118. The van der Waals surface area contributed by atoms with Crippen molar-refractivity contribution in [2.24, 2.45) is 0 Å². The number of ether oxygens (including phenoxy) is 1. The summed E-state index contributed by atoms with van der Waals surface area (Å²) in [4.78, 5) is 16.1. The molecule has 1 atom stereocenters. The monoisotopic (exact) mass is 290 g/mol. The summed E-state index contributed by atoms with van der Waals surface area (Å²) in [5, 5.41) is 2.84. The van der Waals surface area contributed by atoms with E-state index in [1.807, 2.05) is 12.1 Å². The highest BCUT2D eigenvalue weighted by Gasteiger charge is 2.26. The fourth-order valence-electron chi connectivity index (χ4n) is 3.01. The van der Waals surface area contributed by atoms with E-state index in [1.165, 1.54) is 0 Å². The van der Waals surface area contributed by atoms with E-state index in [4.69, 9.17) is 10.5 Å². The van der Waals surface area contributed by atoms with E-state index >= 15 is 0 Å². The van der Waals surface area contributed by atoms with Gasteiger partial charge in [0.15, 0.2) is 6.61 Å². The summed E-state index contributed by atoms with van der Waals surface area (Å²) in [5.41, 5.74) is 8.57. The van der Waals surface area contributed by atoms with Crippen LogP contribution >= 0.6 is 0 Å². The van der Waals surface area contributed by atoms with Crippen LogP contribution in [0, 0.1) is 0 Å². The van der Waals surface area contributed by atoms with Gasteiger partial charge in [0.05, 0.1) is 17.1 Å². The molecule has 2 aliphatic heterocycles. The molecule has 2 aliphatic rings. The van der Waals surface area contributed by atoms with Crippen molar-refractivity contribution in [3.8, 4) is 5.75 Å². The molecule has 3 N–H and O–H groups in total. The van der Waals surface area contributed by atoms with Crippen molar-refractivity contribution in [3.63, 3.8) is 0 Å². The molecule has 1 fully saturated rings. The number of fused-ring (bicyclic) bond motifs is 1. The molecule has 0 bridgehead atoms. The maximum Gasteiger partial charge on any atom is 0.262 e. The highest BCUT2D eigenvalue weighted by molar-refractivity contribution is 5.97. The predicted octanol–water partition coefficient (Wildman–Crippen LogP) is 1.13. The number of nitrogens with two attached hydrogens (primary N) is 1. The van der Waals surface area contributed by atoms with Crippen LogP contribution in [0.1, 0.15) is 13.3 Å². The summed E-state index contributed by atoms with van der Waals surface area (Å²) in [5.74, 6) is 0.528. The average Bonchev–Trinajstić information content (AvgIpc) is 2.48. The number of nitrogens with zero attached hydrogens (tertiary/aromatic N) is 2. The van der Waals surface area contributed by atoms with E-state index in [9.17, 15) is 4.79 Å². The lowest BCUT2D eigenvalue weighted by Crippen LogP contribution is -2.51. The Morgan fingerprint density at radius 1 is 1.43 bits per heavy atom. The van der Waals surface area contributed by atoms with Crippen molar-refractivity contribution >= 4 is 23.0 Å². The quantitative estimate of drug-likeness (QED) is 0.799. The van der Waals surface area contributed by atoms with Gasteiger partial charge in [-0.1, -0.05) is 6.92 Å². The summed E-state index contributed by atoms with van der Waals surface area (Å²) in [6, 6.07) is 4.27. The van der Waals surface area contributed by atoms with E-state index in [0.29, 0.717) is 23.2 Å². The molecule has 1 aromatic carbocycles. The Morgan fingerprint density at radius 3 is 3.00 bits per heavy atom. The number of anilines is 3. The molecule has 0 aromatic heterocycles. The number of nitrogens with one attached hydrogen (secondary N) is 1. The molecular weight excluding hydrogens is 268 g/mol. The van der Waals surface area contributed by atoms with E-state index < -0.39 is 0 Å². The third-order valence-corrected chi connectivity index (χ3v) is 4.35. The van der Waals surface area contributed by atoms with Crippen molar-refractivity contribution in [2.75, 3.05) is 49.2 Å². The smallest absolute Gasteiger partial charge is 0.262 e. The van der Waals surface area contributed by atoms with Crippen LogP contribution < -0.4 is 20.7 Å².